The minimum Gasteiger partial charge on any atom is -0.474 e. The maximum absolute atomic E-state index is 12.8. The predicted molar refractivity (Wildman–Crippen MR) is 105 cm³/mol. The summed E-state index contributed by atoms with van der Waals surface area (Å²) in [6.45, 7) is 4.41. The zero-order valence-electron chi connectivity index (χ0n) is 15.8. The van der Waals surface area contributed by atoms with E-state index in [1.165, 1.54) is 11.8 Å². The number of rotatable bonds is 4. The highest BCUT2D eigenvalue weighted by molar-refractivity contribution is 6.07. The van der Waals surface area contributed by atoms with Crippen molar-refractivity contribution in [3.8, 4) is 5.75 Å². The van der Waals surface area contributed by atoms with E-state index in [2.05, 4.69) is 15.6 Å². The third-order valence-electron chi connectivity index (χ3n) is 4.03. The molecule has 0 saturated carbocycles. The van der Waals surface area contributed by atoms with Gasteiger partial charge in [-0.25, -0.2) is 4.98 Å². The minimum absolute atomic E-state index is 0.185. The first-order chi connectivity index (χ1) is 13.2. The highest BCUT2D eigenvalue weighted by atomic mass is 16.5. The first-order valence-corrected chi connectivity index (χ1v) is 8.61. The summed E-state index contributed by atoms with van der Waals surface area (Å²) in [7, 11) is 0. The van der Waals surface area contributed by atoms with Crippen LogP contribution in [0.5, 0.6) is 5.75 Å². The van der Waals surface area contributed by atoms with Crippen LogP contribution in [0, 0.1) is 0 Å². The van der Waals surface area contributed by atoms with Gasteiger partial charge in [0.25, 0.3) is 5.91 Å². The van der Waals surface area contributed by atoms with Crippen molar-refractivity contribution in [2.24, 2.45) is 0 Å². The van der Waals surface area contributed by atoms with E-state index in [1.807, 2.05) is 0 Å². The molecule has 3 amide bonds. The number of carbonyl (C=O) groups excluding carboxylic acids is 3. The van der Waals surface area contributed by atoms with E-state index in [0.29, 0.717) is 17.1 Å². The molecule has 0 saturated heterocycles. The molecular formula is C19H21N5O4. The molecule has 4 N–H and O–H groups in total. The molecule has 0 aliphatic carbocycles. The maximum Gasteiger partial charge on any atom is 0.272 e. The molecule has 28 heavy (non-hydrogen) atoms. The van der Waals surface area contributed by atoms with E-state index in [1.54, 1.807) is 50.2 Å². The van der Waals surface area contributed by atoms with E-state index in [4.69, 9.17) is 10.5 Å². The van der Waals surface area contributed by atoms with Crippen LogP contribution < -0.4 is 26.0 Å². The van der Waals surface area contributed by atoms with Crippen LogP contribution in [0.1, 0.15) is 20.8 Å². The Bertz CT molecular complexity index is 940. The molecule has 0 bridgehead atoms. The van der Waals surface area contributed by atoms with Crippen LogP contribution >= 0.6 is 0 Å². The van der Waals surface area contributed by atoms with Crippen molar-refractivity contribution < 1.29 is 19.1 Å². The van der Waals surface area contributed by atoms with Crippen LogP contribution in [-0.2, 0) is 14.4 Å². The Labute approximate surface area is 161 Å². The number of benzene rings is 1. The van der Waals surface area contributed by atoms with Gasteiger partial charge in [-0.2, -0.15) is 0 Å². The third-order valence-corrected chi connectivity index (χ3v) is 4.03. The zero-order chi connectivity index (χ0) is 20.5. The van der Waals surface area contributed by atoms with Gasteiger partial charge < -0.3 is 21.1 Å². The fourth-order valence-electron chi connectivity index (χ4n) is 2.79. The Hall–Kier alpha value is -3.62. The molecule has 0 atom stereocenters. The van der Waals surface area contributed by atoms with Crippen LogP contribution in [-0.4, -0.2) is 34.9 Å². The molecule has 3 rings (SSSR count). The summed E-state index contributed by atoms with van der Waals surface area (Å²) >= 11 is 0. The lowest BCUT2D eigenvalue weighted by Gasteiger charge is -2.37. The summed E-state index contributed by atoms with van der Waals surface area (Å²) < 4.78 is 5.69. The number of nitrogen functional groups attached to an aromatic ring is 1. The number of fused-ring (bicyclic) bond motifs is 1. The predicted octanol–water partition coefficient (Wildman–Crippen LogP) is 1.76. The Morgan fingerprint density at radius 2 is 1.71 bits per heavy atom. The number of ether oxygens (including phenoxy) is 1. The van der Waals surface area contributed by atoms with Gasteiger partial charge in [-0.1, -0.05) is 0 Å². The van der Waals surface area contributed by atoms with E-state index in [-0.39, 0.29) is 24.1 Å². The Morgan fingerprint density at radius 3 is 2.32 bits per heavy atom. The fraction of sp³-hybridized carbons (Fsp3) is 0.263. The van der Waals surface area contributed by atoms with Gasteiger partial charge in [0, 0.05) is 18.3 Å². The van der Waals surface area contributed by atoms with Gasteiger partial charge in [-0.15, -0.1) is 0 Å². The summed E-state index contributed by atoms with van der Waals surface area (Å²) in [5.41, 5.74) is 5.73. The van der Waals surface area contributed by atoms with Gasteiger partial charge in [0.2, 0.25) is 11.8 Å². The molecule has 0 unspecified atom stereocenters. The highest BCUT2D eigenvalue weighted by Gasteiger charge is 2.42. The number of amides is 3. The molecule has 2 aromatic rings. The van der Waals surface area contributed by atoms with E-state index < -0.39 is 17.4 Å². The van der Waals surface area contributed by atoms with Crippen molar-refractivity contribution >= 4 is 40.7 Å². The second kappa shape index (κ2) is 7.18. The van der Waals surface area contributed by atoms with Crippen LogP contribution in [0.15, 0.2) is 36.4 Å². The van der Waals surface area contributed by atoms with Crippen molar-refractivity contribution in [3.63, 3.8) is 0 Å². The standard InChI is InChI=1S/C19H21N5O4/c1-11(25)21-12-4-6-13(7-5-12)22-16(26)10-24-17-14(8-9-15(20)23-17)28-19(2,3)18(24)27/h4-9H,10H2,1-3H3,(H2,20,23)(H,21,25)(H,22,26). The molecule has 2 heterocycles. The first kappa shape index (κ1) is 19.2. The van der Waals surface area contributed by atoms with Crippen molar-refractivity contribution in [1.29, 1.82) is 0 Å². The molecular weight excluding hydrogens is 362 g/mol. The average molecular weight is 383 g/mol. The summed E-state index contributed by atoms with van der Waals surface area (Å²) in [5, 5.41) is 5.36. The maximum atomic E-state index is 12.8. The molecule has 146 valence electrons. The number of nitrogens with one attached hydrogen (secondary N) is 2. The molecule has 1 aliphatic rings. The molecule has 1 aromatic heterocycles. The average Bonchev–Trinajstić information content (AvgIpc) is 2.61. The lowest BCUT2D eigenvalue weighted by atomic mass is 10.1. The van der Waals surface area contributed by atoms with Gasteiger partial charge in [-0.05, 0) is 50.2 Å². The smallest absolute Gasteiger partial charge is 0.272 e. The Kier molecular flexibility index (Phi) is 4.91. The van der Waals surface area contributed by atoms with E-state index >= 15 is 0 Å². The van der Waals surface area contributed by atoms with Gasteiger partial charge in [0.15, 0.2) is 17.2 Å². The second-order valence-electron chi connectivity index (χ2n) is 6.87. The van der Waals surface area contributed by atoms with Gasteiger partial charge in [0.05, 0.1) is 0 Å². The van der Waals surface area contributed by atoms with Crippen molar-refractivity contribution in [1.82, 2.24) is 4.98 Å². The van der Waals surface area contributed by atoms with E-state index in [9.17, 15) is 14.4 Å². The monoisotopic (exact) mass is 383 g/mol. The molecule has 1 aliphatic heterocycles. The van der Waals surface area contributed by atoms with Crippen LogP contribution in [0.4, 0.5) is 23.0 Å². The summed E-state index contributed by atoms with van der Waals surface area (Å²) in [6, 6.07) is 9.82. The van der Waals surface area contributed by atoms with Crippen molar-refractivity contribution in [2.45, 2.75) is 26.4 Å². The largest absolute Gasteiger partial charge is 0.474 e. The molecule has 0 fully saturated rings. The lowest BCUT2D eigenvalue weighted by Crippen LogP contribution is -2.54. The number of nitrogens with zero attached hydrogens (tertiary/aromatic N) is 2. The Morgan fingerprint density at radius 1 is 1.11 bits per heavy atom. The molecule has 0 radical (unpaired) electrons. The van der Waals surface area contributed by atoms with Crippen molar-refractivity contribution in [3.05, 3.63) is 36.4 Å². The third kappa shape index (κ3) is 4.03. The van der Waals surface area contributed by atoms with Crippen LogP contribution in [0.3, 0.4) is 0 Å². The van der Waals surface area contributed by atoms with Crippen LogP contribution in [0.25, 0.3) is 0 Å². The fourth-order valence-corrected chi connectivity index (χ4v) is 2.79. The summed E-state index contributed by atoms with van der Waals surface area (Å²) in [6.07, 6.45) is 0. The number of carbonyl (C=O) groups is 3. The quantitative estimate of drug-likeness (QED) is 0.738. The number of nitrogens with two attached hydrogens (primary N) is 1. The van der Waals surface area contributed by atoms with Gasteiger partial charge in [-0.3, -0.25) is 19.3 Å². The van der Waals surface area contributed by atoms with Crippen LogP contribution in [0.2, 0.25) is 0 Å². The molecule has 9 nitrogen and oxygen atoms in total. The second-order valence-corrected chi connectivity index (χ2v) is 6.87. The zero-order valence-corrected chi connectivity index (χ0v) is 15.8. The first-order valence-electron chi connectivity index (χ1n) is 8.61. The number of anilines is 4. The van der Waals surface area contributed by atoms with E-state index in [0.717, 1.165) is 0 Å². The molecule has 9 heteroatoms. The Balaban J connectivity index is 1.76. The van der Waals surface area contributed by atoms with Crippen molar-refractivity contribution in [2.75, 3.05) is 27.8 Å². The number of hydrogen-bond acceptors (Lipinski definition) is 6. The number of aromatic nitrogens is 1. The highest BCUT2D eigenvalue weighted by Crippen LogP contribution is 2.36. The topological polar surface area (TPSA) is 127 Å². The molecule has 0 spiro atoms. The van der Waals surface area contributed by atoms with Gasteiger partial charge >= 0.3 is 0 Å². The van der Waals surface area contributed by atoms with Gasteiger partial charge in [0.1, 0.15) is 12.4 Å². The summed E-state index contributed by atoms with van der Waals surface area (Å²) in [4.78, 5) is 41.7. The lowest BCUT2D eigenvalue weighted by molar-refractivity contribution is -0.133. The SMILES string of the molecule is CC(=O)Nc1ccc(NC(=O)CN2C(=O)C(C)(C)Oc3ccc(N)nc32)cc1. The summed E-state index contributed by atoms with van der Waals surface area (Å²) in [5.74, 6) is -0.181. The normalized spacial score (nSPS) is 14.7. The number of hydrogen-bond donors (Lipinski definition) is 3. The number of pyridine rings is 1. The minimum atomic E-state index is -1.13. The molecule has 1 aromatic carbocycles.